The highest BCUT2D eigenvalue weighted by Gasteiger charge is 2.10. The molecule has 0 saturated carbocycles. The van der Waals surface area contributed by atoms with Crippen molar-refractivity contribution in [3.8, 4) is 5.88 Å². The van der Waals surface area contributed by atoms with Crippen LogP contribution >= 0.6 is 0 Å². The molecule has 20 heavy (non-hydrogen) atoms. The number of aromatic nitrogens is 2. The molecular formula is C15H20N4O. The van der Waals surface area contributed by atoms with Gasteiger partial charge in [-0.3, -0.25) is 0 Å². The zero-order valence-corrected chi connectivity index (χ0v) is 11.8. The minimum Gasteiger partial charge on any atom is -0.481 e. The minimum atomic E-state index is 0.0870. The lowest BCUT2D eigenvalue weighted by Gasteiger charge is -2.17. The molecule has 106 valence electrons. The average molecular weight is 272 g/mol. The van der Waals surface area contributed by atoms with Gasteiger partial charge in [0.1, 0.15) is 0 Å². The van der Waals surface area contributed by atoms with Crippen LogP contribution in [-0.2, 0) is 6.42 Å². The quantitative estimate of drug-likeness (QED) is 0.838. The fourth-order valence-electron chi connectivity index (χ4n) is 1.98. The van der Waals surface area contributed by atoms with Crippen molar-refractivity contribution in [2.75, 3.05) is 19.0 Å². The van der Waals surface area contributed by atoms with Crippen LogP contribution in [0.2, 0.25) is 0 Å². The molecule has 0 saturated heterocycles. The number of aryl methyl sites for hydroxylation is 1. The van der Waals surface area contributed by atoms with Crippen LogP contribution in [0.1, 0.15) is 11.3 Å². The second kappa shape index (κ2) is 6.86. The van der Waals surface area contributed by atoms with Crippen molar-refractivity contribution >= 4 is 5.95 Å². The van der Waals surface area contributed by atoms with E-state index in [0.29, 0.717) is 18.4 Å². The third-order valence-corrected chi connectivity index (χ3v) is 2.98. The lowest BCUT2D eigenvalue weighted by atomic mass is 10.1. The smallest absolute Gasteiger partial charge is 0.226 e. The highest BCUT2D eigenvalue weighted by atomic mass is 16.5. The highest BCUT2D eigenvalue weighted by Crippen LogP contribution is 2.13. The first-order chi connectivity index (χ1) is 9.71. The molecule has 0 aliphatic heterocycles. The van der Waals surface area contributed by atoms with E-state index in [1.807, 2.05) is 25.1 Å². The Morgan fingerprint density at radius 2 is 2.00 bits per heavy atom. The average Bonchev–Trinajstić information content (AvgIpc) is 2.47. The van der Waals surface area contributed by atoms with E-state index in [4.69, 9.17) is 10.5 Å². The van der Waals surface area contributed by atoms with Gasteiger partial charge < -0.3 is 15.8 Å². The molecular weight excluding hydrogens is 252 g/mol. The molecule has 0 radical (unpaired) electrons. The molecule has 1 heterocycles. The summed E-state index contributed by atoms with van der Waals surface area (Å²) in [4.78, 5) is 8.63. The van der Waals surface area contributed by atoms with Crippen molar-refractivity contribution in [3.05, 3.63) is 47.7 Å². The number of nitrogens with two attached hydrogens (primary N) is 1. The van der Waals surface area contributed by atoms with Gasteiger partial charge in [-0.2, -0.15) is 4.98 Å². The summed E-state index contributed by atoms with van der Waals surface area (Å²) >= 11 is 0. The van der Waals surface area contributed by atoms with Gasteiger partial charge in [-0.15, -0.1) is 0 Å². The van der Waals surface area contributed by atoms with Gasteiger partial charge in [-0.25, -0.2) is 4.98 Å². The first kappa shape index (κ1) is 14.3. The monoisotopic (exact) mass is 272 g/mol. The van der Waals surface area contributed by atoms with E-state index in [1.165, 1.54) is 5.56 Å². The Kier molecular flexibility index (Phi) is 4.90. The van der Waals surface area contributed by atoms with E-state index >= 15 is 0 Å². The summed E-state index contributed by atoms with van der Waals surface area (Å²) < 4.78 is 5.15. The number of ether oxygens (including phenoxy) is 1. The van der Waals surface area contributed by atoms with Gasteiger partial charge in [0, 0.05) is 24.3 Å². The number of methoxy groups -OCH3 is 1. The number of benzene rings is 1. The van der Waals surface area contributed by atoms with Crippen LogP contribution in [0, 0.1) is 6.92 Å². The van der Waals surface area contributed by atoms with Gasteiger partial charge in [0.25, 0.3) is 0 Å². The molecule has 0 bridgehead atoms. The number of hydrogen-bond acceptors (Lipinski definition) is 5. The van der Waals surface area contributed by atoms with Crippen LogP contribution in [0.5, 0.6) is 5.88 Å². The van der Waals surface area contributed by atoms with Gasteiger partial charge in [-0.05, 0) is 18.9 Å². The second-order valence-electron chi connectivity index (χ2n) is 4.64. The Morgan fingerprint density at radius 3 is 2.65 bits per heavy atom. The summed E-state index contributed by atoms with van der Waals surface area (Å²) in [6.07, 6.45) is 0.830. The Labute approximate surface area is 119 Å². The molecule has 2 aromatic rings. The molecule has 0 fully saturated rings. The van der Waals surface area contributed by atoms with Crippen molar-refractivity contribution in [2.24, 2.45) is 5.73 Å². The SMILES string of the molecule is COc1cc(C)nc(NC(CN)Cc2ccccc2)n1. The molecule has 0 amide bonds. The minimum absolute atomic E-state index is 0.0870. The molecule has 5 nitrogen and oxygen atoms in total. The lowest BCUT2D eigenvalue weighted by molar-refractivity contribution is 0.396. The van der Waals surface area contributed by atoms with Crippen molar-refractivity contribution < 1.29 is 4.74 Å². The molecule has 0 aliphatic carbocycles. The first-order valence-corrected chi connectivity index (χ1v) is 6.61. The number of hydrogen-bond donors (Lipinski definition) is 2. The topological polar surface area (TPSA) is 73.1 Å². The largest absolute Gasteiger partial charge is 0.481 e. The van der Waals surface area contributed by atoms with Gasteiger partial charge in [0.2, 0.25) is 11.8 Å². The summed E-state index contributed by atoms with van der Waals surface area (Å²) in [5.41, 5.74) is 7.92. The van der Waals surface area contributed by atoms with Crippen LogP contribution in [0.25, 0.3) is 0 Å². The first-order valence-electron chi connectivity index (χ1n) is 6.61. The maximum absolute atomic E-state index is 5.83. The van der Waals surface area contributed by atoms with Crippen LogP contribution in [0.4, 0.5) is 5.95 Å². The number of nitrogens with one attached hydrogen (secondary N) is 1. The molecule has 2 rings (SSSR count). The van der Waals surface area contributed by atoms with E-state index in [0.717, 1.165) is 12.1 Å². The number of anilines is 1. The third kappa shape index (κ3) is 3.93. The Morgan fingerprint density at radius 1 is 1.25 bits per heavy atom. The maximum Gasteiger partial charge on any atom is 0.226 e. The van der Waals surface area contributed by atoms with E-state index in [2.05, 4.69) is 27.4 Å². The lowest BCUT2D eigenvalue weighted by Crippen LogP contribution is -2.31. The van der Waals surface area contributed by atoms with Crippen molar-refractivity contribution in [2.45, 2.75) is 19.4 Å². The molecule has 1 aromatic heterocycles. The number of rotatable bonds is 6. The molecule has 3 N–H and O–H groups in total. The van der Waals surface area contributed by atoms with Crippen molar-refractivity contribution in [1.82, 2.24) is 9.97 Å². The normalized spacial score (nSPS) is 11.9. The maximum atomic E-state index is 5.83. The molecule has 5 heteroatoms. The van der Waals surface area contributed by atoms with Crippen molar-refractivity contribution in [3.63, 3.8) is 0 Å². The molecule has 1 atom stereocenters. The summed E-state index contributed by atoms with van der Waals surface area (Å²) in [6.45, 7) is 2.42. The molecule has 1 unspecified atom stereocenters. The fraction of sp³-hybridized carbons (Fsp3) is 0.333. The van der Waals surface area contributed by atoms with E-state index in [-0.39, 0.29) is 6.04 Å². The zero-order valence-electron chi connectivity index (χ0n) is 11.8. The standard InChI is InChI=1S/C15H20N4O/c1-11-8-14(20-2)19-15(17-11)18-13(10-16)9-12-6-4-3-5-7-12/h3-8,13H,9-10,16H2,1-2H3,(H,17,18,19). The summed E-state index contributed by atoms with van der Waals surface area (Å²) in [7, 11) is 1.59. The van der Waals surface area contributed by atoms with Gasteiger partial charge in [0.05, 0.1) is 7.11 Å². The summed E-state index contributed by atoms with van der Waals surface area (Å²) in [5.74, 6) is 1.10. The molecule has 1 aromatic carbocycles. The summed E-state index contributed by atoms with van der Waals surface area (Å²) in [6, 6.07) is 12.1. The van der Waals surface area contributed by atoms with E-state index in [1.54, 1.807) is 13.2 Å². The van der Waals surface area contributed by atoms with Gasteiger partial charge in [0.15, 0.2) is 0 Å². The second-order valence-corrected chi connectivity index (χ2v) is 4.64. The van der Waals surface area contributed by atoms with E-state index in [9.17, 15) is 0 Å². The van der Waals surface area contributed by atoms with Crippen LogP contribution in [-0.4, -0.2) is 29.7 Å². The fourth-order valence-corrected chi connectivity index (χ4v) is 1.98. The van der Waals surface area contributed by atoms with E-state index < -0.39 is 0 Å². The van der Waals surface area contributed by atoms with Crippen molar-refractivity contribution in [1.29, 1.82) is 0 Å². The third-order valence-electron chi connectivity index (χ3n) is 2.98. The summed E-state index contributed by atoms with van der Waals surface area (Å²) in [5, 5.41) is 3.27. The van der Waals surface area contributed by atoms with Gasteiger partial charge >= 0.3 is 0 Å². The predicted molar refractivity (Wildman–Crippen MR) is 79.9 cm³/mol. The van der Waals surface area contributed by atoms with Crippen LogP contribution < -0.4 is 15.8 Å². The Balaban J connectivity index is 2.08. The number of nitrogens with zero attached hydrogens (tertiary/aromatic N) is 2. The zero-order chi connectivity index (χ0) is 14.4. The van der Waals surface area contributed by atoms with Crippen LogP contribution in [0.3, 0.4) is 0 Å². The predicted octanol–water partition coefficient (Wildman–Crippen LogP) is 1.78. The Bertz CT molecular complexity index is 545. The Hall–Kier alpha value is -2.14. The molecule has 0 aliphatic rings. The van der Waals surface area contributed by atoms with Gasteiger partial charge in [-0.1, -0.05) is 30.3 Å². The molecule has 0 spiro atoms. The van der Waals surface area contributed by atoms with Crippen LogP contribution in [0.15, 0.2) is 36.4 Å². The highest BCUT2D eigenvalue weighted by molar-refractivity contribution is 5.32.